The fourth-order valence-electron chi connectivity index (χ4n) is 4.05. The first kappa shape index (κ1) is 25.0. The Balaban J connectivity index is 1.55. The largest absolute Gasteiger partial charge is 0.370 e. The number of sulfonamides is 1. The number of rotatable bonds is 9. The summed E-state index contributed by atoms with van der Waals surface area (Å²) in [6.07, 6.45) is 4.67. The predicted molar refractivity (Wildman–Crippen MR) is 123 cm³/mol. The molecule has 1 unspecified atom stereocenters. The third kappa shape index (κ3) is 6.69. The number of nitrogens with zero attached hydrogens (tertiary/aromatic N) is 2. The normalized spacial score (nSPS) is 20.8. The van der Waals surface area contributed by atoms with Crippen molar-refractivity contribution in [1.29, 1.82) is 0 Å². The number of nitrogens with one attached hydrogen (secondary N) is 1. The molecule has 1 atom stereocenters. The van der Waals surface area contributed by atoms with E-state index in [2.05, 4.69) is 10.2 Å². The van der Waals surface area contributed by atoms with Gasteiger partial charge in [0.25, 0.3) is 0 Å². The van der Waals surface area contributed by atoms with Crippen LogP contribution in [-0.2, 0) is 19.6 Å². The van der Waals surface area contributed by atoms with Crippen LogP contribution in [-0.4, -0.2) is 75.5 Å². The van der Waals surface area contributed by atoms with Crippen LogP contribution in [0, 0.1) is 0 Å². The number of hydrogen-bond donors (Lipinski definition) is 1. The van der Waals surface area contributed by atoms with E-state index < -0.39 is 10.0 Å². The van der Waals surface area contributed by atoms with Crippen molar-refractivity contribution >= 4 is 50.7 Å². The Morgan fingerprint density at radius 1 is 1.06 bits per heavy atom. The Labute approximate surface area is 199 Å². The highest BCUT2D eigenvalue weighted by atomic mass is 35.5. The molecular weight excluding hydrogens is 485 g/mol. The number of halogens is 3. The van der Waals surface area contributed by atoms with Crippen LogP contribution in [0.3, 0.4) is 0 Å². The van der Waals surface area contributed by atoms with Gasteiger partial charge in [-0.2, -0.15) is 4.31 Å². The van der Waals surface area contributed by atoms with Gasteiger partial charge >= 0.3 is 0 Å². The van der Waals surface area contributed by atoms with Gasteiger partial charge < -0.3 is 15.0 Å². The highest BCUT2D eigenvalue weighted by molar-refractivity contribution is 7.89. The molecule has 0 aliphatic carbocycles. The Hall–Kier alpha value is -0.610. The smallest absolute Gasteiger partial charge is 0.246 e. The number of likely N-dealkylation sites (tertiary alicyclic amines) is 1. The van der Waals surface area contributed by atoms with Gasteiger partial charge in [-0.1, -0.05) is 41.2 Å². The first-order valence-corrected chi connectivity index (χ1v) is 13.1. The minimum Gasteiger partial charge on any atom is -0.370 e. The minimum absolute atomic E-state index is 0.0138. The van der Waals surface area contributed by atoms with Crippen LogP contribution in [0.5, 0.6) is 0 Å². The summed E-state index contributed by atoms with van der Waals surface area (Å²) in [5, 5.41) is 3.09. The maximum absolute atomic E-state index is 13.3. The number of carbonyl (C=O) groups excluding carboxylic acids is 1. The van der Waals surface area contributed by atoms with Gasteiger partial charge in [0.15, 0.2) is 0 Å². The summed E-state index contributed by atoms with van der Waals surface area (Å²) in [4.78, 5) is 14.2. The van der Waals surface area contributed by atoms with E-state index in [4.69, 9.17) is 39.5 Å². The summed E-state index contributed by atoms with van der Waals surface area (Å²) in [5.74, 6) is -0.201. The van der Waals surface area contributed by atoms with E-state index in [1.807, 2.05) is 0 Å². The van der Waals surface area contributed by atoms with E-state index in [0.29, 0.717) is 19.5 Å². The molecule has 7 nitrogen and oxygen atoms in total. The molecule has 2 fully saturated rings. The molecule has 1 N–H and O–H groups in total. The first-order valence-electron chi connectivity index (χ1n) is 10.5. The quantitative estimate of drug-likeness (QED) is 0.548. The number of benzene rings is 1. The standard InChI is InChI=1S/C20H28Cl3N3O4S/c21-15-11-17(22)20(18(23)12-15)31(28,29)26-9-2-1-5-16(26)13-30-14-19(27)24-6-10-25-7-3-4-8-25/h11-12,16H,1-10,13-14H2,(H,24,27). The molecule has 11 heteroatoms. The van der Waals surface area contributed by atoms with Crippen LogP contribution in [0.25, 0.3) is 0 Å². The average Bonchev–Trinajstić information content (AvgIpc) is 3.21. The predicted octanol–water partition coefficient (Wildman–Crippen LogP) is 3.42. The van der Waals surface area contributed by atoms with Crippen molar-refractivity contribution in [2.45, 2.75) is 43.0 Å². The van der Waals surface area contributed by atoms with Crippen molar-refractivity contribution in [3.63, 3.8) is 0 Å². The molecule has 0 aromatic heterocycles. The summed E-state index contributed by atoms with van der Waals surface area (Å²) < 4.78 is 33.5. The minimum atomic E-state index is -3.94. The molecule has 2 heterocycles. The second-order valence-electron chi connectivity index (χ2n) is 7.88. The highest BCUT2D eigenvalue weighted by Gasteiger charge is 2.36. The van der Waals surface area contributed by atoms with Gasteiger partial charge in [-0.05, 0) is 50.9 Å². The second-order valence-corrected chi connectivity index (χ2v) is 11.0. The summed E-state index contributed by atoms with van der Waals surface area (Å²) in [7, 11) is -3.94. The van der Waals surface area contributed by atoms with Crippen molar-refractivity contribution in [3.8, 4) is 0 Å². The maximum Gasteiger partial charge on any atom is 0.246 e. The molecule has 1 aromatic carbocycles. The third-order valence-electron chi connectivity index (χ3n) is 5.60. The fraction of sp³-hybridized carbons (Fsp3) is 0.650. The van der Waals surface area contributed by atoms with Gasteiger partial charge in [-0.25, -0.2) is 8.42 Å². The number of ether oxygens (including phenoxy) is 1. The lowest BCUT2D eigenvalue weighted by Gasteiger charge is -2.34. The van der Waals surface area contributed by atoms with Crippen molar-refractivity contribution in [3.05, 3.63) is 27.2 Å². The zero-order chi connectivity index (χ0) is 22.4. The van der Waals surface area contributed by atoms with Gasteiger partial charge in [0, 0.05) is 30.7 Å². The van der Waals surface area contributed by atoms with Crippen molar-refractivity contribution in [2.75, 3.05) is 45.9 Å². The molecule has 2 aliphatic heterocycles. The van der Waals surface area contributed by atoms with Crippen molar-refractivity contribution in [1.82, 2.24) is 14.5 Å². The lowest BCUT2D eigenvalue weighted by atomic mass is 10.1. The van der Waals surface area contributed by atoms with Crippen LogP contribution in [0.2, 0.25) is 15.1 Å². The number of carbonyl (C=O) groups is 1. The summed E-state index contributed by atoms with van der Waals surface area (Å²) in [6.45, 7) is 3.95. The number of amides is 1. The molecule has 0 spiro atoms. The number of piperidine rings is 1. The molecule has 31 heavy (non-hydrogen) atoms. The summed E-state index contributed by atoms with van der Waals surface area (Å²) >= 11 is 18.3. The molecule has 3 rings (SSSR count). The Kier molecular flexibility index (Phi) is 9.28. The van der Waals surface area contributed by atoms with Crippen molar-refractivity contribution < 1.29 is 17.9 Å². The lowest BCUT2D eigenvalue weighted by molar-refractivity contribution is -0.126. The SMILES string of the molecule is O=C(COCC1CCCCN1S(=O)(=O)c1c(Cl)cc(Cl)cc1Cl)NCCN1CCCC1. The topological polar surface area (TPSA) is 78.9 Å². The zero-order valence-corrected chi connectivity index (χ0v) is 20.4. The van der Waals surface area contributed by atoms with Crippen LogP contribution in [0.4, 0.5) is 0 Å². The third-order valence-corrected chi connectivity index (χ3v) is 8.69. The van der Waals surface area contributed by atoms with Crippen molar-refractivity contribution in [2.24, 2.45) is 0 Å². The first-order chi connectivity index (χ1) is 14.8. The molecule has 0 radical (unpaired) electrons. The number of hydrogen-bond acceptors (Lipinski definition) is 5. The van der Waals surface area contributed by atoms with E-state index in [1.165, 1.54) is 29.3 Å². The Morgan fingerprint density at radius 3 is 2.39 bits per heavy atom. The van der Waals surface area contributed by atoms with E-state index in [0.717, 1.165) is 32.5 Å². The summed E-state index contributed by atoms with van der Waals surface area (Å²) in [5.41, 5.74) is 0. The molecule has 1 amide bonds. The van der Waals surface area contributed by atoms with Crippen LogP contribution in [0.15, 0.2) is 17.0 Å². The Morgan fingerprint density at radius 2 is 1.71 bits per heavy atom. The van der Waals surface area contributed by atoms with E-state index >= 15 is 0 Å². The summed E-state index contributed by atoms with van der Waals surface area (Å²) in [6, 6.07) is 2.34. The maximum atomic E-state index is 13.3. The molecule has 2 saturated heterocycles. The molecule has 0 bridgehead atoms. The zero-order valence-electron chi connectivity index (χ0n) is 17.3. The molecule has 174 valence electrons. The van der Waals surface area contributed by atoms with E-state index in [-0.39, 0.29) is 45.1 Å². The molecule has 0 saturated carbocycles. The Bertz CT molecular complexity index is 855. The van der Waals surface area contributed by atoms with Gasteiger partial charge in [0.1, 0.15) is 11.5 Å². The highest BCUT2D eigenvalue weighted by Crippen LogP contribution is 2.36. The van der Waals surface area contributed by atoms with Gasteiger partial charge in [0.2, 0.25) is 15.9 Å². The van der Waals surface area contributed by atoms with Gasteiger partial charge in [0.05, 0.1) is 16.7 Å². The van der Waals surface area contributed by atoms with E-state index in [1.54, 1.807) is 0 Å². The monoisotopic (exact) mass is 511 g/mol. The van der Waals surface area contributed by atoms with Crippen LogP contribution < -0.4 is 5.32 Å². The average molecular weight is 513 g/mol. The lowest BCUT2D eigenvalue weighted by Crippen LogP contribution is -2.46. The fourth-order valence-corrected chi connectivity index (χ4v) is 7.22. The van der Waals surface area contributed by atoms with Crippen LogP contribution in [0.1, 0.15) is 32.1 Å². The van der Waals surface area contributed by atoms with Gasteiger partial charge in [-0.15, -0.1) is 0 Å². The van der Waals surface area contributed by atoms with E-state index in [9.17, 15) is 13.2 Å². The molecule has 1 aromatic rings. The molecular formula is C20H28Cl3N3O4S. The molecule has 2 aliphatic rings. The van der Waals surface area contributed by atoms with Crippen LogP contribution >= 0.6 is 34.8 Å². The second kappa shape index (κ2) is 11.5. The van der Waals surface area contributed by atoms with Gasteiger partial charge in [-0.3, -0.25) is 4.79 Å².